The second-order valence-electron chi connectivity index (χ2n) is 4.37. The Balaban J connectivity index is 0.00000264. The van der Waals surface area contributed by atoms with E-state index in [1.54, 1.807) is 40.8 Å². The number of benzene rings is 1. The van der Waals surface area contributed by atoms with Crippen LogP contribution in [0, 0.1) is 9.64 Å². The molecule has 121 valence electrons. The third kappa shape index (κ3) is 5.21. The number of pyridine rings is 1. The van der Waals surface area contributed by atoms with Crippen LogP contribution in [0.25, 0.3) is 11.3 Å². The fourth-order valence-electron chi connectivity index (χ4n) is 1.98. The minimum absolute atomic E-state index is 0. The third-order valence-electron chi connectivity index (χ3n) is 2.88. The molecule has 1 radical (unpaired) electrons. The summed E-state index contributed by atoms with van der Waals surface area (Å²) in [6.07, 6.45) is -2.65. The average molecular weight is 528 g/mol. The molecule has 0 unspecified atom stereocenters. The summed E-state index contributed by atoms with van der Waals surface area (Å²) in [5.74, 6) is 0.574. The first-order valence-corrected chi connectivity index (χ1v) is 7.91. The number of aromatic nitrogens is 1. The average Bonchev–Trinajstić information content (AvgIpc) is 2.45. The van der Waals surface area contributed by atoms with Gasteiger partial charge in [0.1, 0.15) is 5.75 Å². The summed E-state index contributed by atoms with van der Waals surface area (Å²) < 4.78 is 32.2. The van der Waals surface area contributed by atoms with Gasteiger partial charge in [0.05, 0.1) is 13.2 Å². The van der Waals surface area contributed by atoms with Gasteiger partial charge >= 0.3 is 0 Å². The Kier molecular flexibility index (Phi) is 8.62. The van der Waals surface area contributed by atoms with Crippen molar-refractivity contribution < 1.29 is 46.2 Å². The molecule has 3 nitrogen and oxygen atoms in total. The van der Waals surface area contributed by atoms with E-state index in [-0.39, 0.29) is 38.4 Å². The van der Waals surface area contributed by atoms with Crippen LogP contribution >= 0.6 is 34.2 Å². The number of halogens is 4. The SMILES string of the molecule is CCOc1ccc(-c2[c-]cc(I)c(=O)n2CC(F)F)c(Cl)c1.[Y]. The summed E-state index contributed by atoms with van der Waals surface area (Å²) in [5, 5.41) is 0.311. The van der Waals surface area contributed by atoms with Crippen molar-refractivity contribution in [3.05, 3.63) is 49.3 Å². The van der Waals surface area contributed by atoms with Crippen LogP contribution in [0.15, 0.2) is 29.1 Å². The molecule has 0 atom stereocenters. The third-order valence-corrected chi connectivity index (χ3v) is 3.97. The number of hydrogen-bond donors (Lipinski definition) is 0. The minimum Gasteiger partial charge on any atom is -0.494 e. The van der Waals surface area contributed by atoms with Gasteiger partial charge in [0, 0.05) is 32.7 Å². The molecule has 0 aliphatic rings. The van der Waals surface area contributed by atoms with Crippen LogP contribution in [-0.2, 0) is 39.3 Å². The number of nitrogens with zero attached hydrogens (tertiary/aromatic N) is 1. The van der Waals surface area contributed by atoms with Gasteiger partial charge in [-0.25, -0.2) is 8.78 Å². The van der Waals surface area contributed by atoms with Gasteiger partial charge in [-0.1, -0.05) is 22.9 Å². The first-order valence-electron chi connectivity index (χ1n) is 6.46. The summed E-state index contributed by atoms with van der Waals surface area (Å²) in [6.45, 7) is 1.63. The fraction of sp³-hybridized carbons (Fsp3) is 0.267. The molecule has 0 aliphatic heterocycles. The summed E-state index contributed by atoms with van der Waals surface area (Å²) in [7, 11) is 0. The molecular weight excluding hydrogens is 515 g/mol. The molecule has 0 saturated heterocycles. The molecule has 1 aromatic carbocycles. The molecule has 0 aliphatic carbocycles. The topological polar surface area (TPSA) is 31.2 Å². The van der Waals surface area contributed by atoms with E-state index in [2.05, 4.69) is 6.07 Å². The zero-order valence-electron chi connectivity index (χ0n) is 12.2. The summed E-state index contributed by atoms with van der Waals surface area (Å²) in [5.41, 5.74) is 0.206. The zero-order valence-corrected chi connectivity index (χ0v) is 17.9. The molecule has 0 spiro atoms. The Labute approximate surface area is 176 Å². The van der Waals surface area contributed by atoms with Gasteiger partial charge in [0.25, 0.3) is 6.43 Å². The van der Waals surface area contributed by atoms with Crippen LogP contribution < -0.4 is 10.3 Å². The van der Waals surface area contributed by atoms with Gasteiger partial charge in [-0.05, 0) is 27.6 Å². The molecule has 2 aromatic rings. The van der Waals surface area contributed by atoms with Crippen LogP contribution in [0.1, 0.15) is 6.92 Å². The van der Waals surface area contributed by atoms with Crippen molar-refractivity contribution in [3.63, 3.8) is 0 Å². The van der Waals surface area contributed by atoms with Crippen molar-refractivity contribution in [1.82, 2.24) is 4.57 Å². The van der Waals surface area contributed by atoms with Crippen LogP contribution in [-0.4, -0.2) is 17.6 Å². The van der Waals surface area contributed by atoms with Crippen LogP contribution in [0.3, 0.4) is 0 Å². The maximum atomic E-state index is 12.8. The van der Waals surface area contributed by atoms with E-state index in [1.807, 2.05) is 6.92 Å². The molecule has 1 aromatic heterocycles. The van der Waals surface area contributed by atoms with Crippen molar-refractivity contribution >= 4 is 34.2 Å². The normalized spacial score (nSPS) is 10.5. The predicted molar refractivity (Wildman–Crippen MR) is 89.9 cm³/mol. The largest absolute Gasteiger partial charge is 0.494 e. The Morgan fingerprint density at radius 2 is 2.13 bits per heavy atom. The smallest absolute Gasteiger partial charge is 0.256 e. The van der Waals surface area contributed by atoms with Crippen molar-refractivity contribution in [2.24, 2.45) is 0 Å². The first-order chi connectivity index (χ1) is 10.4. The summed E-state index contributed by atoms with van der Waals surface area (Å²) in [6, 6.07) is 9.22. The van der Waals surface area contributed by atoms with Gasteiger partial charge in [0.2, 0.25) is 5.56 Å². The fourth-order valence-corrected chi connectivity index (χ4v) is 2.69. The van der Waals surface area contributed by atoms with E-state index < -0.39 is 18.5 Å². The van der Waals surface area contributed by atoms with Crippen molar-refractivity contribution in [1.29, 1.82) is 0 Å². The summed E-state index contributed by atoms with van der Waals surface area (Å²) >= 11 is 7.99. The van der Waals surface area contributed by atoms with E-state index in [0.717, 1.165) is 4.57 Å². The molecule has 0 bridgehead atoms. The number of rotatable bonds is 5. The monoisotopic (exact) mass is 527 g/mol. The van der Waals surface area contributed by atoms with E-state index in [1.165, 1.54) is 6.07 Å². The molecule has 1 heterocycles. The Morgan fingerprint density at radius 1 is 1.43 bits per heavy atom. The standard InChI is InChI=1S/C15H12ClF2INO2.Y/c1-2-22-9-3-4-10(11(16)7-9)13-6-5-12(19)15(21)20(13)8-14(17)18;/h3-5,7,14H,2,8H2,1H3;/q-1;. The van der Waals surface area contributed by atoms with E-state index in [0.29, 0.717) is 26.5 Å². The maximum Gasteiger partial charge on any atom is 0.256 e. The van der Waals surface area contributed by atoms with Crippen molar-refractivity contribution in [3.8, 4) is 17.0 Å². The molecule has 0 N–H and O–H groups in total. The number of alkyl halides is 2. The van der Waals surface area contributed by atoms with Crippen LogP contribution in [0.5, 0.6) is 5.75 Å². The second kappa shape index (κ2) is 9.44. The zero-order chi connectivity index (χ0) is 16.3. The Hall–Kier alpha value is -0.0461. The predicted octanol–water partition coefficient (Wildman–Crippen LogP) is 4.23. The van der Waals surface area contributed by atoms with Gasteiger partial charge in [-0.2, -0.15) is 12.1 Å². The molecular formula is C15H12ClF2INO2Y-. The molecule has 2 rings (SSSR count). The van der Waals surface area contributed by atoms with Crippen molar-refractivity contribution in [2.45, 2.75) is 19.9 Å². The van der Waals surface area contributed by atoms with E-state index >= 15 is 0 Å². The Bertz CT molecular complexity index is 740. The van der Waals surface area contributed by atoms with Crippen LogP contribution in [0.2, 0.25) is 5.02 Å². The minimum atomic E-state index is -2.65. The quantitative estimate of drug-likeness (QED) is 0.431. The van der Waals surface area contributed by atoms with Gasteiger partial charge in [-0.3, -0.25) is 4.79 Å². The molecule has 8 heteroatoms. The Morgan fingerprint density at radius 3 is 2.70 bits per heavy atom. The van der Waals surface area contributed by atoms with E-state index in [4.69, 9.17) is 16.3 Å². The molecule has 0 saturated carbocycles. The van der Waals surface area contributed by atoms with Gasteiger partial charge < -0.3 is 9.30 Å². The molecule has 0 fully saturated rings. The van der Waals surface area contributed by atoms with E-state index in [9.17, 15) is 13.6 Å². The van der Waals surface area contributed by atoms with Crippen LogP contribution in [0.4, 0.5) is 8.78 Å². The number of ether oxygens (including phenoxy) is 1. The number of hydrogen-bond acceptors (Lipinski definition) is 2. The maximum absolute atomic E-state index is 12.8. The second-order valence-corrected chi connectivity index (χ2v) is 5.94. The molecule has 0 amide bonds. The first kappa shape index (κ1) is 21.0. The molecule has 23 heavy (non-hydrogen) atoms. The van der Waals surface area contributed by atoms with Gasteiger partial charge in [-0.15, -0.1) is 28.7 Å². The van der Waals surface area contributed by atoms with Gasteiger partial charge in [0.15, 0.2) is 0 Å². The van der Waals surface area contributed by atoms with Crippen molar-refractivity contribution in [2.75, 3.05) is 6.61 Å². The summed E-state index contributed by atoms with van der Waals surface area (Å²) in [4.78, 5) is 12.1.